The van der Waals surface area contributed by atoms with Crippen LogP contribution in [0.25, 0.3) is 16.9 Å². The number of nitriles is 1. The topological polar surface area (TPSA) is 94.2 Å². The van der Waals surface area contributed by atoms with Crippen LogP contribution in [0.5, 0.6) is 0 Å². The Labute approximate surface area is 194 Å². The highest BCUT2D eigenvalue weighted by atomic mass is 32.1. The predicted molar refractivity (Wildman–Crippen MR) is 127 cm³/mol. The standard InChI is InChI=1S/C23H23FN8S/c1-2-17-18(32-20(28-17)7-8-21(30-32)31-11-9-26-10-12-31)14-27-23-29-22(19(13-25)33-23)15-3-5-16(24)6-4-15/h3-8,26H,2,9-12,14H2,1H3,(H,27,29). The number of fused-ring (bicyclic) bond motifs is 1. The van der Waals surface area contributed by atoms with Gasteiger partial charge in [-0.1, -0.05) is 18.3 Å². The maximum atomic E-state index is 13.3. The zero-order valence-electron chi connectivity index (χ0n) is 18.2. The summed E-state index contributed by atoms with van der Waals surface area (Å²) in [7, 11) is 0. The highest BCUT2D eigenvalue weighted by molar-refractivity contribution is 7.16. The lowest BCUT2D eigenvalue weighted by molar-refractivity contribution is 0.581. The first-order chi connectivity index (χ1) is 16.2. The van der Waals surface area contributed by atoms with Crippen LogP contribution in [0.4, 0.5) is 15.3 Å². The predicted octanol–water partition coefficient (Wildman–Crippen LogP) is 3.45. The van der Waals surface area contributed by atoms with Crippen molar-refractivity contribution < 1.29 is 4.39 Å². The second kappa shape index (κ2) is 9.13. The number of rotatable bonds is 6. The lowest BCUT2D eigenvalue weighted by Gasteiger charge is -2.28. The fourth-order valence-corrected chi connectivity index (χ4v) is 4.75. The van der Waals surface area contributed by atoms with Gasteiger partial charge in [0.1, 0.15) is 28.3 Å². The summed E-state index contributed by atoms with van der Waals surface area (Å²) in [6.45, 7) is 6.28. The minimum Gasteiger partial charge on any atom is -0.356 e. The molecule has 3 aromatic heterocycles. The lowest BCUT2D eigenvalue weighted by atomic mass is 10.1. The Kier molecular flexibility index (Phi) is 5.90. The molecular weight excluding hydrogens is 439 g/mol. The molecule has 4 aromatic rings. The first-order valence-electron chi connectivity index (χ1n) is 10.9. The molecule has 1 aliphatic rings. The van der Waals surface area contributed by atoms with Gasteiger partial charge in [-0.15, -0.1) is 5.10 Å². The van der Waals surface area contributed by atoms with Gasteiger partial charge < -0.3 is 15.5 Å². The summed E-state index contributed by atoms with van der Waals surface area (Å²) in [6, 6.07) is 12.3. The van der Waals surface area contributed by atoms with Crippen LogP contribution in [0.2, 0.25) is 0 Å². The Morgan fingerprint density at radius 2 is 1.94 bits per heavy atom. The average Bonchev–Trinajstić information content (AvgIpc) is 3.44. The van der Waals surface area contributed by atoms with Crippen LogP contribution in [-0.2, 0) is 13.0 Å². The van der Waals surface area contributed by atoms with Gasteiger partial charge in [-0.05, 0) is 42.8 Å². The summed E-state index contributed by atoms with van der Waals surface area (Å²) in [5.74, 6) is 0.614. The van der Waals surface area contributed by atoms with E-state index in [-0.39, 0.29) is 5.82 Å². The van der Waals surface area contributed by atoms with E-state index in [0.717, 1.165) is 55.5 Å². The first-order valence-corrected chi connectivity index (χ1v) is 11.7. The molecule has 1 aliphatic heterocycles. The summed E-state index contributed by atoms with van der Waals surface area (Å²) >= 11 is 1.28. The third kappa shape index (κ3) is 4.25. The molecule has 5 rings (SSSR count). The number of hydrogen-bond acceptors (Lipinski definition) is 8. The number of nitrogens with one attached hydrogen (secondary N) is 2. The monoisotopic (exact) mass is 462 g/mol. The number of anilines is 2. The van der Waals surface area contributed by atoms with Gasteiger partial charge >= 0.3 is 0 Å². The van der Waals surface area contributed by atoms with E-state index in [2.05, 4.69) is 33.5 Å². The van der Waals surface area contributed by atoms with E-state index < -0.39 is 0 Å². The third-order valence-electron chi connectivity index (χ3n) is 5.67. The lowest BCUT2D eigenvalue weighted by Crippen LogP contribution is -2.44. The van der Waals surface area contributed by atoms with E-state index in [1.165, 1.54) is 23.5 Å². The molecule has 168 valence electrons. The van der Waals surface area contributed by atoms with Crippen molar-refractivity contribution in [1.82, 2.24) is 24.9 Å². The van der Waals surface area contributed by atoms with E-state index in [4.69, 9.17) is 10.1 Å². The van der Waals surface area contributed by atoms with Crippen LogP contribution < -0.4 is 15.5 Å². The quantitative estimate of drug-likeness (QED) is 0.453. The normalized spacial score (nSPS) is 13.9. The van der Waals surface area contributed by atoms with Gasteiger partial charge in [0, 0.05) is 31.7 Å². The molecule has 0 aliphatic carbocycles. The van der Waals surface area contributed by atoms with Crippen LogP contribution >= 0.6 is 11.3 Å². The Hall–Kier alpha value is -3.55. The molecule has 33 heavy (non-hydrogen) atoms. The number of nitrogens with zero attached hydrogens (tertiary/aromatic N) is 6. The first kappa shape index (κ1) is 21.3. The van der Waals surface area contributed by atoms with Crippen LogP contribution in [-0.4, -0.2) is 45.8 Å². The van der Waals surface area contributed by atoms with Gasteiger partial charge in [0.15, 0.2) is 10.8 Å². The smallest absolute Gasteiger partial charge is 0.184 e. The molecule has 4 heterocycles. The van der Waals surface area contributed by atoms with Gasteiger partial charge in [-0.3, -0.25) is 0 Å². The fraction of sp³-hybridized carbons (Fsp3) is 0.304. The number of aromatic nitrogens is 4. The van der Waals surface area contributed by atoms with Crippen molar-refractivity contribution in [1.29, 1.82) is 5.26 Å². The van der Waals surface area contributed by atoms with E-state index in [0.29, 0.717) is 27.8 Å². The van der Waals surface area contributed by atoms with Gasteiger partial charge in [0.2, 0.25) is 0 Å². The SMILES string of the molecule is CCc1nc2ccc(N3CCNCC3)nn2c1CNc1nc(-c2ccc(F)cc2)c(C#N)s1. The zero-order chi connectivity index (χ0) is 22.8. The maximum absolute atomic E-state index is 13.3. The van der Waals surface area contributed by atoms with Crippen molar-refractivity contribution in [2.24, 2.45) is 0 Å². The van der Waals surface area contributed by atoms with Crippen LogP contribution in [0.15, 0.2) is 36.4 Å². The largest absolute Gasteiger partial charge is 0.356 e. The van der Waals surface area contributed by atoms with E-state index in [1.807, 2.05) is 16.6 Å². The van der Waals surface area contributed by atoms with Crippen molar-refractivity contribution in [3.05, 3.63) is 58.5 Å². The zero-order valence-corrected chi connectivity index (χ0v) is 19.0. The number of aryl methyl sites for hydroxylation is 1. The third-order valence-corrected chi connectivity index (χ3v) is 6.59. The number of hydrogen-bond donors (Lipinski definition) is 2. The molecule has 0 atom stereocenters. The molecule has 0 radical (unpaired) electrons. The van der Waals surface area contributed by atoms with E-state index >= 15 is 0 Å². The summed E-state index contributed by atoms with van der Waals surface area (Å²) in [5, 5.41) is 21.8. The highest BCUT2D eigenvalue weighted by Crippen LogP contribution is 2.31. The molecule has 0 saturated carbocycles. The molecule has 2 N–H and O–H groups in total. The molecule has 1 aromatic carbocycles. The van der Waals surface area contributed by atoms with Crippen LogP contribution in [0.1, 0.15) is 23.2 Å². The summed E-state index contributed by atoms with van der Waals surface area (Å²) in [6.07, 6.45) is 0.783. The number of piperazine rings is 1. The Bertz CT molecular complexity index is 1310. The maximum Gasteiger partial charge on any atom is 0.184 e. The van der Waals surface area contributed by atoms with Crippen molar-refractivity contribution in [2.45, 2.75) is 19.9 Å². The second-order valence-electron chi connectivity index (χ2n) is 7.73. The van der Waals surface area contributed by atoms with Crippen molar-refractivity contribution in [3.8, 4) is 17.3 Å². The number of halogens is 1. The Balaban J connectivity index is 1.43. The highest BCUT2D eigenvalue weighted by Gasteiger charge is 2.18. The number of thiazole rings is 1. The van der Waals surface area contributed by atoms with Gasteiger partial charge in [0.25, 0.3) is 0 Å². The van der Waals surface area contributed by atoms with E-state index in [9.17, 15) is 9.65 Å². The summed E-state index contributed by atoms with van der Waals surface area (Å²) < 4.78 is 15.2. The minimum absolute atomic E-state index is 0.321. The van der Waals surface area contributed by atoms with Gasteiger partial charge in [-0.25, -0.2) is 18.9 Å². The number of benzene rings is 1. The molecule has 0 unspecified atom stereocenters. The van der Waals surface area contributed by atoms with Gasteiger partial charge in [0.05, 0.1) is 17.9 Å². The van der Waals surface area contributed by atoms with Crippen LogP contribution in [0, 0.1) is 17.1 Å². The number of imidazole rings is 1. The minimum atomic E-state index is -0.321. The average molecular weight is 463 g/mol. The van der Waals surface area contributed by atoms with Crippen molar-refractivity contribution in [2.75, 3.05) is 36.4 Å². The Morgan fingerprint density at radius 3 is 2.67 bits per heavy atom. The van der Waals surface area contributed by atoms with E-state index in [1.54, 1.807) is 12.1 Å². The van der Waals surface area contributed by atoms with Crippen LogP contribution in [0.3, 0.4) is 0 Å². The molecule has 0 amide bonds. The van der Waals surface area contributed by atoms with Crippen molar-refractivity contribution >= 4 is 27.9 Å². The summed E-state index contributed by atoms with van der Waals surface area (Å²) in [4.78, 5) is 12.1. The second-order valence-corrected chi connectivity index (χ2v) is 8.73. The Morgan fingerprint density at radius 1 is 1.15 bits per heavy atom. The fourth-order valence-electron chi connectivity index (χ4n) is 3.97. The van der Waals surface area contributed by atoms with Crippen molar-refractivity contribution in [3.63, 3.8) is 0 Å². The molecule has 0 bridgehead atoms. The summed E-state index contributed by atoms with van der Waals surface area (Å²) in [5.41, 5.74) is 4.03. The molecule has 0 spiro atoms. The molecule has 1 fully saturated rings. The van der Waals surface area contributed by atoms with Gasteiger partial charge in [-0.2, -0.15) is 5.26 Å². The molecule has 10 heteroatoms. The molecule has 1 saturated heterocycles. The molecular formula is C23H23FN8S. The molecule has 8 nitrogen and oxygen atoms in total.